The summed E-state index contributed by atoms with van der Waals surface area (Å²) >= 11 is 0. The Morgan fingerprint density at radius 3 is 2.93 bits per heavy atom. The first kappa shape index (κ1) is 9.71. The molecule has 0 unspecified atom stereocenters. The van der Waals surface area contributed by atoms with Crippen LogP contribution in [0.2, 0.25) is 0 Å². The van der Waals surface area contributed by atoms with Gasteiger partial charge in [-0.05, 0) is 18.6 Å². The maximum Gasteiger partial charge on any atom is 0.203 e. The van der Waals surface area contributed by atoms with Gasteiger partial charge in [0.25, 0.3) is 0 Å². The highest BCUT2D eigenvalue weighted by Gasteiger charge is 2.00. The van der Waals surface area contributed by atoms with Crippen LogP contribution in [0.15, 0.2) is 30.7 Å². The number of nitrogens with zero attached hydrogens (tertiary/aromatic N) is 3. The molecule has 0 atom stereocenters. The Balaban J connectivity index is 2.02. The lowest BCUT2D eigenvalue weighted by Gasteiger charge is -2.04. The molecule has 2 aromatic heterocycles. The molecule has 2 aromatic rings. The van der Waals surface area contributed by atoms with E-state index in [1.807, 2.05) is 43.1 Å². The molecule has 0 aliphatic heterocycles. The van der Waals surface area contributed by atoms with Crippen LogP contribution in [0.3, 0.4) is 0 Å². The molecule has 0 amide bonds. The lowest BCUT2D eigenvalue weighted by Crippen LogP contribution is -2.04. The number of aromatic nitrogens is 3. The van der Waals surface area contributed by atoms with E-state index in [0.29, 0.717) is 0 Å². The molecule has 78 valence electrons. The molecule has 4 nitrogen and oxygen atoms in total. The van der Waals surface area contributed by atoms with Crippen molar-refractivity contribution in [2.24, 2.45) is 7.05 Å². The van der Waals surface area contributed by atoms with Crippen LogP contribution in [-0.4, -0.2) is 14.5 Å². The predicted molar refractivity (Wildman–Crippen MR) is 59.5 cm³/mol. The SMILES string of the molecule is Cc1cn(C)c(NCc2cccnc2)n1. The second kappa shape index (κ2) is 4.13. The van der Waals surface area contributed by atoms with E-state index in [2.05, 4.69) is 15.3 Å². The number of anilines is 1. The lowest BCUT2D eigenvalue weighted by molar-refractivity contribution is 0.898. The number of hydrogen-bond acceptors (Lipinski definition) is 3. The van der Waals surface area contributed by atoms with Crippen molar-refractivity contribution in [3.8, 4) is 0 Å². The minimum Gasteiger partial charge on any atom is -0.352 e. The van der Waals surface area contributed by atoms with Gasteiger partial charge in [-0.15, -0.1) is 0 Å². The first-order valence-corrected chi connectivity index (χ1v) is 4.88. The lowest BCUT2D eigenvalue weighted by atomic mass is 10.3. The number of nitrogens with one attached hydrogen (secondary N) is 1. The summed E-state index contributed by atoms with van der Waals surface area (Å²) in [5, 5.41) is 3.26. The number of pyridine rings is 1. The quantitative estimate of drug-likeness (QED) is 0.824. The van der Waals surface area contributed by atoms with Crippen LogP contribution in [0.25, 0.3) is 0 Å². The largest absolute Gasteiger partial charge is 0.352 e. The standard InChI is InChI=1S/C11H14N4/c1-9-8-15(2)11(14-9)13-7-10-4-3-5-12-6-10/h3-6,8H,7H2,1-2H3,(H,13,14). The molecule has 1 N–H and O–H groups in total. The van der Waals surface area contributed by atoms with Crippen LogP contribution in [0.1, 0.15) is 11.3 Å². The monoisotopic (exact) mass is 202 g/mol. The molecule has 4 heteroatoms. The fourth-order valence-corrected chi connectivity index (χ4v) is 1.46. The van der Waals surface area contributed by atoms with Crippen molar-refractivity contribution in [1.82, 2.24) is 14.5 Å². The predicted octanol–water partition coefficient (Wildman–Crippen LogP) is 1.74. The molecule has 0 aliphatic carbocycles. The second-order valence-electron chi connectivity index (χ2n) is 3.53. The average Bonchev–Trinajstić information content (AvgIpc) is 2.56. The van der Waals surface area contributed by atoms with Gasteiger partial charge in [0.2, 0.25) is 5.95 Å². The molecule has 0 saturated carbocycles. The Morgan fingerprint density at radius 2 is 2.33 bits per heavy atom. The van der Waals surface area contributed by atoms with Crippen LogP contribution in [0.5, 0.6) is 0 Å². The third-order valence-corrected chi connectivity index (χ3v) is 2.17. The Bertz CT molecular complexity index is 433. The summed E-state index contributed by atoms with van der Waals surface area (Å²) in [6, 6.07) is 3.97. The first-order valence-electron chi connectivity index (χ1n) is 4.88. The molecule has 0 radical (unpaired) electrons. The van der Waals surface area contributed by atoms with E-state index in [9.17, 15) is 0 Å². The molecule has 15 heavy (non-hydrogen) atoms. The van der Waals surface area contributed by atoms with E-state index < -0.39 is 0 Å². The smallest absolute Gasteiger partial charge is 0.203 e. The molecule has 0 spiro atoms. The van der Waals surface area contributed by atoms with Gasteiger partial charge >= 0.3 is 0 Å². The van der Waals surface area contributed by atoms with Gasteiger partial charge in [0, 0.05) is 32.2 Å². The highest BCUT2D eigenvalue weighted by atomic mass is 15.2. The minimum atomic E-state index is 0.748. The number of hydrogen-bond donors (Lipinski definition) is 1. The van der Waals surface area contributed by atoms with Crippen molar-refractivity contribution in [1.29, 1.82) is 0 Å². The summed E-state index contributed by atoms with van der Waals surface area (Å²) in [4.78, 5) is 8.41. The highest BCUT2D eigenvalue weighted by molar-refractivity contribution is 5.29. The maximum atomic E-state index is 4.36. The van der Waals surface area contributed by atoms with Crippen LogP contribution in [-0.2, 0) is 13.6 Å². The van der Waals surface area contributed by atoms with Crippen molar-refractivity contribution >= 4 is 5.95 Å². The van der Waals surface area contributed by atoms with Gasteiger partial charge in [-0.25, -0.2) is 4.98 Å². The fraction of sp³-hybridized carbons (Fsp3) is 0.273. The Hall–Kier alpha value is -1.84. The molecule has 0 aromatic carbocycles. The zero-order chi connectivity index (χ0) is 10.7. The van der Waals surface area contributed by atoms with E-state index in [4.69, 9.17) is 0 Å². The van der Waals surface area contributed by atoms with Crippen LogP contribution >= 0.6 is 0 Å². The summed E-state index contributed by atoms with van der Waals surface area (Å²) < 4.78 is 1.98. The third-order valence-electron chi connectivity index (χ3n) is 2.17. The van der Waals surface area contributed by atoms with Gasteiger partial charge < -0.3 is 9.88 Å². The average molecular weight is 202 g/mol. The zero-order valence-electron chi connectivity index (χ0n) is 8.94. The Kier molecular flexibility index (Phi) is 2.67. The molecule has 0 fully saturated rings. The van der Waals surface area contributed by atoms with E-state index in [1.165, 1.54) is 0 Å². The molecule has 0 bridgehead atoms. The van der Waals surface area contributed by atoms with Gasteiger partial charge in [-0.3, -0.25) is 4.98 Å². The van der Waals surface area contributed by atoms with Gasteiger partial charge in [0.1, 0.15) is 0 Å². The third kappa shape index (κ3) is 2.34. The van der Waals surface area contributed by atoms with Crippen molar-refractivity contribution < 1.29 is 0 Å². The summed E-state index contributed by atoms with van der Waals surface area (Å²) in [5.74, 6) is 0.886. The molecule has 0 aliphatic rings. The van der Waals surface area contributed by atoms with Crippen LogP contribution < -0.4 is 5.32 Å². The van der Waals surface area contributed by atoms with E-state index in [1.54, 1.807) is 6.20 Å². The number of imidazole rings is 1. The van der Waals surface area contributed by atoms with E-state index >= 15 is 0 Å². The van der Waals surface area contributed by atoms with E-state index in [0.717, 1.165) is 23.8 Å². The zero-order valence-corrected chi connectivity index (χ0v) is 8.94. The maximum absolute atomic E-state index is 4.36. The highest BCUT2D eigenvalue weighted by Crippen LogP contribution is 2.07. The molecule has 2 heterocycles. The topological polar surface area (TPSA) is 42.7 Å². The summed E-state index contributed by atoms with van der Waals surface area (Å²) in [7, 11) is 1.98. The fourth-order valence-electron chi connectivity index (χ4n) is 1.46. The van der Waals surface area contributed by atoms with Gasteiger partial charge in [-0.2, -0.15) is 0 Å². The van der Waals surface area contributed by atoms with Crippen LogP contribution in [0, 0.1) is 6.92 Å². The molecular formula is C11H14N4. The molecule has 2 rings (SSSR count). The summed E-state index contributed by atoms with van der Waals surface area (Å²) in [6.07, 6.45) is 5.61. The Labute approximate surface area is 89.0 Å². The van der Waals surface area contributed by atoms with Crippen molar-refractivity contribution in [3.05, 3.63) is 42.0 Å². The van der Waals surface area contributed by atoms with Crippen molar-refractivity contribution in [2.75, 3.05) is 5.32 Å². The number of aryl methyl sites for hydroxylation is 2. The van der Waals surface area contributed by atoms with Crippen molar-refractivity contribution in [3.63, 3.8) is 0 Å². The van der Waals surface area contributed by atoms with E-state index in [-0.39, 0.29) is 0 Å². The van der Waals surface area contributed by atoms with Gasteiger partial charge in [0.15, 0.2) is 0 Å². The second-order valence-corrected chi connectivity index (χ2v) is 3.53. The first-order chi connectivity index (χ1) is 7.25. The van der Waals surface area contributed by atoms with Crippen LogP contribution in [0.4, 0.5) is 5.95 Å². The summed E-state index contributed by atoms with van der Waals surface area (Å²) in [5.41, 5.74) is 2.17. The summed E-state index contributed by atoms with van der Waals surface area (Å²) in [6.45, 7) is 2.73. The molecule has 0 saturated heterocycles. The molecular weight excluding hydrogens is 188 g/mol. The van der Waals surface area contributed by atoms with Gasteiger partial charge in [0.05, 0.1) is 5.69 Å². The normalized spacial score (nSPS) is 10.3. The van der Waals surface area contributed by atoms with Crippen molar-refractivity contribution in [2.45, 2.75) is 13.5 Å². The Morgan fingerprint density at radius 1 is 1.47 bits per heavy atom. The minimum absolute atomic E-state index is 0.748. The number of rotatable bonds is 3. The van der Waals surface area contributed by atoms with Gasteiger partial charge in [-0.1, -0.05) is 6.07 Å².